The van der Waals surface area contributed by atoms with Gasteiger partial charge in [-0.1, -0.05) is 41.9 Å². The van der Waals surface area contributed by atoms with Gasteiger partial charge in [-0.05, 0) is 29.3 Å². The van der Waals surface area contributed by atoms with Crippen LogP contribution in [0.25, 0.3) is 6.08 Å². The van der Waals surface area contributed by atoms with Crippen LogP contribution in [0.5, 0.6) is 0 Å². The summed E-state index contributed by atoms with van der Waals surface area (Å²) in [6.07, 6.45) is 3.51. The predicted octanol–water partition coefficient (Wildman–Crippen LogP) is 4.38. The molecule has 0 bridgehead atoms. The highest BCUT2D eigenvalue weighted by Gasteiger charge is 2.28. The summed E-state index contributed by atoms with van der Waals surface area (Å²) in [5, 5.41) is 2.47. The molecule has 1 aliphatic rings. The van der Waals surface area contributed by atoms with Crippen LogP contribution in [0.3, 0.4) is 0 Å². The van der Waals surface area contributed by atoms with E-state index in [0.717, 1.165) is 11.1 Å². The van der Waals surface area contributed by atoms with Crippen LogP contribution in [0.15, 0.2) is 48.7 Å². The Kier molecular flexibility index (Phi) is 4.86. The van der Waals surface area contributed by atoms with E-state index in [-0.39, 0.29) is 23.0 Å². The van der Waals surface area contributed by atoms with Crippen molar-refractivity contribution >= 4 is 35.2 Å². The zero-order valence-electron chi connectivity index (χ0n) is 13.5. The van der Waals surface area contributed by atoms with E-state index in [4.69, 9.17) is 11.6 Å². The van der Waals surface area contributed by atoms with E-state index < -0.39 is 17.8 Å². The van der Waals surface area contributed by atoms with E-state index >= 15 is 0 Å². The maximum absolute atomic E-state index is 14.0. The number of hydrogen-bond donors (Lipinski definition) is 1. The van der Waals surface area contributed by atoms with Crippen molar-refractivity contribution in [3.05, 3.63) is 70.6 Å². The van der Waals surface area contributed by atoms with Crippen LogP contribution in [0.2, 0.25) is 5.02 Å². The maximum atomic E-state index is 14.0. The average molecular weight is 359 g/mol. The van der Waals surface area contributed by atoms with Crippen molar-refractivity contribution in [1.29, 1.82) is 0 Å². The monoisotopic (exact) mass is 358 g/mol. The first kappa shape index (κ1) is 17.2. The lowest BCUT2D eigenvalue weighted by Gasteiger charge is -2.32. The molecular formula is C19H16ClFN2O2. The van der Waals surface area contributed by atoms with E-state index in [1.165, 1.54) is 24.0 Å². The minimum atomic E-state index is -0.676. The second-order valence-corrected chi connectivity index (χ2v) is 6.15. The molecule has 6 heteroatoms. The Morgan fingerprint density at radius 2 is 1.96 bits per heavy atom. The predicted molar refractivity (Wildman–Crippen MR) is 95.4 cm³/mol. The molecule has 128 valence electrons. The quantitative estimate of drug-likeness (QED) is 0.885. The molecule has 0 aliphatic carbocycles. The van der Waals surface area contributed by atoms with Crippen molar-refractivity contribution in [1.82, 2.24) is 4.90 Å². The number of carbonyl (C=O) groups is 2. The molecule has 25 heavy (non-hydrogen) atoms. The number of carbonyl (C=O) groups excluding carboxylic acids is 2. The third-order valence-electron chi connectivity index (χ3n) is 4.07. The summed E-state index contributed by atoms with van der Waals surface area (Å²) >= 11 is 5.73. The van der Waals surface area contributed by atoms with Crippen LogP contribution in [0.1, 0.15) is 30.5 Å². The number of rotatable bonds is 3. The van der Waals surface area contributed by atoms with Crippen LogP contribution < -0.4 is 5.32 Å². The summed E-state index contributed by atoms with van der Waals surface area (Å²) in [6.45, 7) is 1.44. The molecule has 0 unspecified atom stereocenters. The average Bonchev–Trinajstić information content (AvgIpc) is 2.59. The van der Waals surface area contributed by atoms with Crippen LogP contribution >= 0.6 is 11.6 Å². The van der Waals surface area contributed by atoms with Crippen LogP contribution in [0.4, 0.5) is 10.1 Å². The molecular weight excluding hydrogens is 343 g/mol. The molecule has 2 aromatic carbocycles. The number of benzene rings is 2. The first-order valence-corrected chi connectivity index (χ1v) is 8.15. The molecule has 1 atom stereocenters. The normalized spacial score (nSPS) is 15.6. The standard InChI is InChI=1S/C19H16ClFN2O2/c1-12(24)23-10-9-13-5-2-3-6-14(13)17(23)11-18(25)22-16-8-4-7-15(20)19(16)21/h2-10,17H,11H2,1H3,(H,22,25)/t17-/m1/s1. The number of anilines is 1. The Hall–Kier alpha value is -2.66. The SMILES string of the molecule is CC(=O)N1C=Cc2ccccc2[C@H]1CC(=O)Nc1cccc(Cl)c1F. The van der Waals surface area contributed by atoms with Gasteiger partial charge in [0.1, 0.15) is 0 Å². The molecule has 2 aromatic rings. The van der Waals surface area contributed by atoms with Gasteiger partial charge in [0, 0.05) is 13.1 Å². The largest absolute Gasteiger partial charge is 0.323 e. The summed E-state index contributed by atoms with van der Waals surface area (Å²) in [5.74, 6) is -1.25. The molecule has 1 heterocycles. The molecule has 0 aromatic heterocycles. The van der Waals surface area contributed by atoms with E-state index in [1.54, 1.807) is 12.3 Å². The molecule has 0 saturated heterocycles. The van der Waals surface area contributed by atoms with E-state index in [9.17, 15) is 14.0 Å². The Morgan fingerprint density at radius 1 is 1.20 bits per heavy atom. The summed E-state index contributed by atoms with van der Waals surface area (Å²) in [5.41, 5.74) is 1.85. The zero-order valence-corrected chi connectivity index (χ0v) is 14.3. The van der Waals surface area contributed by atoms with E-state index in [0.29, 0.717) is 0 Å². The summed E-state index contributed by atoms with van der Waals surface area (Å²) < 4.78 is 14.0. The molecule has 2 amide bonds. The number of amides is 2. The van der Waals surface area contributed by atoms with Crippen LogP contribution in [0, 0.1) is 5.82 Å². The highest BCUT2D eigenvalue weighted by atomic mass is 35.5. The molecule has 1 aliphatic heterocycles. The number of nitrogens with one attached hydrogen (secondary N) is 1. The van der Waals surface area contributed by atoms with Gasteiger partial charge < -0.3 is 10.2 Å². The summed E-state index contributed by atoms with van der Waals surface area (Å²) in [4.78, 5) is 25.9. The van der Waals surface area contributed by atoms with Gasteiger partial charge in [0.25, 0.3) is 0 Å². The molecule has 0 radical (unpaired) electrons. The Labute approximate surface area is 149 Å². The zero-order chi connectivity index (χ0) is 18.0. The maximum Gasteiger partial charge on any atom is 0.226 e. The van der Waals surface area contributed by atoms with Crippen molar-refractivity contribution in [2.45, 2.75) is 19.4 Å². The fraction of sp³-hybridized carbons (Fsp3) is 0.158. The number of halogens is 2. The third-order valence-corrected chi connectivity index (χ3v) is 4.37. The van der Waals surface area contributed by atoms with Crippen LogP contribution in [-0.4, -0.2) is 16.7 Å². The summed E-state index contributed by atoms with van der Waals surface area (Å²) in [6, 6.07) is 11.5. The summed E-state index contributed by atoms with van der Waals surface area (Å²) in [7, 11) is 0. The van der Waals surface area contributed by atoms with Gasteiger partial charge in [0.2, 0.25) is 11.8 Å². The van der Waals surface area contributed by atoms with Gasteiger partial charge in [0.05, 0.1) is 23.2 Å². The Morgan fingerprint density at radius 3 is 2.72 bits per heavy atom. The smallest absolute Gasteiger partial charge is 0.226 e. The van der Waals surface area contributed by atoms with Crippen molar-refractivity contribution in [3.8, 4) is 0 Å². The van der Waals surface area contributed by atoms with E-state index in [1.807, 2.05) is 30.3 Å². The van der Waals surface area contributed by atoms with Crippen molar-refractivity contribution in [2.24, 2.45) is 0 Å². The lowest BCUT2D eigenvalue weighted by Crippen LogP contribution is -2.33. The number of fused-ring (bicyclic) bond motifs is 1. The molecule has 3 rings (SSSR count). The first-order chi connectivity index (χ1) is 12.0. The van der Waals surface area contributed by atoms with Gasteiger partial charge in [-0.3, -0.25) is 9.59 Å². The fourth-order valence-corrected chi connectivity index (χ4v) is 3.06. The van der Waals surface area contributed by atoms with Crippen molar-refractivity contribution in [2.75, 3.05) is 5.32 Å². The van der Waals surface area contributed by atoms with Gasteiger partial charge >= 0.3 is 0 Å². The highest BCUT2D eigenvalue weighted by Crippen LogP contribution is 2.33. The van der Waals surface area contributed by atoms with Crippen molar-refractivity contribution in [3.63, 3.8) is 0 Å². The lowest BCUT2D eigenvalue weighted by molar-refractivity contribution is -0.129. The lowest BCUT2D eigenvalue weighted by atomic mass is 9.93. The molecule has 0 saturated carbocycles. The van der Waals surface area contributed by atoms with Crippen molar-refractivity contribution < 1.29 is 14.0 Å². The second kappa shape index (κ2) is 7.07. The highest BCUT2D eigenvalue weighted by molar-refractivity contribution is 6.31. The molecule has 4 nitrogen and oxygen atoms in total. The fourth-order valence-electron chi connectivity index (χ4n) is 2.89. The Balaban J connectivity index is 1.84. The number of hydrogen-bond acceptors (Lipinski definition) is 2. The Bertz CT molecular complexity index is 866. The minimum absolute atomic E-state index is 0.00683. The minimum Gasteiger partial charge on any atom is -0.323 e. The van der Waals surface area contributed by atoms with Crippen LogP contribution in [-0.2, 0) is 9.59 Å². The molecule has 0 fully saturated rings. The molecule has 1 N–H and O–H groups in total. The second-order valence-electron chi connectivity index (χ2n) is 5.74. The number of nitrogens with zero attached hydrogens (tertiary/aromatic N) is 1. The third kappa shape index (κ3) is 3.56. The van der Waals surface area contributed by atoms with Gasteiger partial charge in [-0.25, -0.2) is 4.39 Å². The van der Waals surface area contributed by atoms with Gasteiger partial charge in [0.15, 0.2) is 5.82 Å². The first-order valence-electron chi connectivity index (χ1n) is 7.77. The van der Waals surface area contributed by atoms with E-state index in [2.05, 4.69) is 5.32 Å². The van der Waals surface area contributed by atoms with Gasteiger partial charge in [-0.2, -0.15) is 0 Å². The topological polar surface area (TPSA) is 49.4 Å². The molecule has 0 spiro atoms. The van der Waals surface area contributed by atoms with Gasteiger partial charge in [-0.15, -0.1) is 0 Å².